The number of anilines is 1. The van der Waals surface area contributed by atoms with Gasteiger partial charge in [-0.25, -0.2) is 4.79 Å². The molecule has 0 atom stereocenters. The zero-order valence-corrected chi connectivity index (χ0v) is 16.9. The lowest BCUT2D eigenvalue weighted by Crippen LogP contribution is -2.38. The van der Waals surface area contributed by atoms with Gasteiger partial charge in [-0.05, 0) is 30.5 Å². The van der Waals surface area contributed by atoms with Gasteiger partial charge in [0.15, 0.2) is 0 Å². The van der Waals surface area contributed by atoms with Gasteiger partial charge in [0.05, 0.1) is 7.11 Å². The van der Waals surface area contributed by atoms with E-state index in [-0.39, 0.29) is 17.9 Å². The third kappa shape index (κ3) is 5.97. The standard InChI is InChI=1S/C20H30N4O4/c1-22-18(15-19(26)23(2)20(22)27)21-10-13-24(11-4-14-25)12-9-16-5-7-17(28-3)8-6-16/h5-8,15,21,25H,4,9-14H2,1-3H3. The van der Waals surface area contributed by atoms with Crippen molar-refractivity contribution in [2.75, 3.05) is 45.2 Å². The molecule has 8 heteroatoms. The number of methoxy groups -OCH3 is 1. The minimum absolute atomic E-state index is 0.149. The van der Waals surface area contributed by atoms with E-state index < -0.39 is 0 Å². The maximum Gasteiger partial charge on any atom is 0.332 e. The summed E-state index contributed by atoms with van der Waals surface area (Å²) in [6.07, 6.45) is 1.59. The van der Waals surface area contributed by atoms with E-state index in [0.29, 0.717) is 18.8 Å². The number of nitrogens with zero attached hydrogens (tertiary/aromatic N) is 3. The van der Waals surface area contributed by atoms with Crippen molar-refractivity contribution in [1.82, 2.24) is 14.0 Å². The second-order valence-corrected chi connectivity index (χ2v) is 6.71. The molecule has 0 bridgehead atoms. The fourth-order valence-electron chi connectivity index (χ4n) is 2.95. The van der Waals surface area contributed by atoms with Crippen molar-refractivity contribution < 1.29 is 9.84 Å². The monoisotopic (exact) mass is 390 g/mol. The number of aliphatic hydroxyl groups excluding tert-OH is 1. The maximum absolute atomic E-state index is 12.0. The maximum atomic E-state index is 12.0. The Morgan fingerprint density at radius 1 is 1.07 bits per heavy atom. The molecule has 1 aromatic carbocycles. The SMILES string of the molecule is COc1ccc(CCN(CCCO)CCNc2cc(=O)n(C)c(=O)n2C)cc1. The van der Waals surface area contributed by atoms with Crippen molar-refractivity contribution in [2.45, 2.75) is 12.8 Å². The molecule has 2 rings (SSSR count). The molecule has 0 amide bonds. The molecular formula is C20H30N4O4. The summed E-state index contributed by atoms with van der Waals surface area (Å²) >= 11 is 0. The molecule has 0 aliphatic carbocycles. The van der Waals surface area contributed by atoms with Crippen molar-refractivity contribution in [2.24, 2.45) is 14.1 Å². The molecule has 1 aromatic heterocycles. The Bertz CT molecular complexity index is 858. The lowest BCUT2D eigenvalue weighted by molar-refractivity contribution is 0.230. The Morgan fingerprint density at radius 2 is 1.79 bits per heavy atom. The molecule has 0 fully saturated rings. The first-order chi connectivity index (χ1) is 13.5. The molecular weight excluding hydrogens is 360 g/mol. The third-order valence-corrected chi connectivity index (χ3v) is 4.77. The molecule has 0 aliphatic heterocycles. The van der Waals surface area contributed by atoms with Crippen LogP contribution in [0.4, 0.5) is 5.82 Å². The van der Waals surface area contributed by atoms with E-state index in [0.717, 1.165) is 36.4 Å². The van der Waals surface area contributed by atoms with Gasteiger partial charge in [0.1, 0.15) is 11.6 Å². The first kappa shape index (κ1) is 21.7. The summed E-state index contributed by atoms with van der Waals surface area (Å²) in [6.45, 7) is 3.11. The first-order valence-corrected chi connectivity index (χ1v) is 9.43. The highest BCUT2D eigenvalue weighted by molar-refractivity contribution is 5.33. The Balaban J connectivity index is 1.92. The van der Waals surface area contributed by atoms with Crippen LogP contribution in [0.15, 0.2) is 39.9 Å². The van der Waals surface area contributed by atoms with Crippen LogP contribution in [-0.4, -0.2) is 59.0 Å². The molecule has 1 heterocycles. The van der Waals surface area contributed by atoms with Crippen LogP contribution < -0.4 is 21.3 Å². The number of hydrogen-bond acceptors (Lipinski definition) is 6. The van der Waals surface area contributed by atoms with Gasteiger partial charge in [0, 0.05) is 52.9 Å². The molecule has 0 radical (unpaired) electrons. The van der Waals surface area contributed by atoms with E-state index in [1.807, 2.05) is 12.1 Å². The summed E-state index contributed by atoms with van der Waals surface area (Å²) in [6, 6.07) is 9.43. The molecule has 0 unspecified atom stereocenters. The Hall–Kier alpha value is -2.58. The normalized spacial score (nSPS) is 11.0. The zero-order chi connectivity index (χ0) is 20.5. The Morgan fingerprint density at radius 3 is 2.43 bits per heavy atom. The van der Waals surface area contributed by atoms with Gasteiger partial charge in [-0.3, -0.25) is 13.9 Å². The number of hydrogen-bond donors (Lipinski definition) is 2. The van der Waals surface area contributed by atoms with E-state index in [1.165, 1.54) is 23.2 Å². The average Bonchev–Trinajstić information content (AvgIpc) is 2.72. The lowest BCUT2D eigenvalue weighted by atomic mass is 10.1. The molecule has 0 spiro atoms. The van der Waals surface area contributed by atoms with Crippen LogP contribution >= 0.6 is 0 Å². The fraction of sp³-hybridized carbons (Fsp3) is 0.500. The zero-order valence-electron chi connectivity index (χ0n) is 16.9. The number of aromatic nitrogens is 2. The number of ether oxygens (including phenoxy) is 1. The quantitative estimate of drug-likeness (QED) is 0.579. The highest BCUT2D eigenvalue weighted by Gasteiger charge is 2.08. The minimum atomic E-state index is -0.355. The van der Waals surface area contributed by atoms with Crippen LogP contribution in [0.1, 0.15) is 12.0 Å². The van der Waals surface area contributed by atoms with Crippen LogP contribution in [0.3, 0.4) is 0 Å². The summed E-state index contributed by atoms with van der Waals surface area (Å²) in [5.41, 5.74) is 0.533. The molecule has 2 N–H and O–H groups in total. The molecule has 0 saturated heterocycles. The second-order valence-electron chi connectivity index (χ2n) is 6.71. The van der Waals surface area contributed by atoms with Gasteiger partial charge in [0.2, 0.25) is 0 Å². The van der Waals surface area contributed by atoms with Crippen molar-refractivity contribution in [1.29, 1.82) is 0 Å². The van der Waals surface area contributed by atoms with Gasteiger partial charge in [-0.1, -0.05) is 12.1 Å². The average molecular weight is 390 g/mol. The molecule has 0 saturated carbocycles. The van der Waals surface area contributed by atoms with Crippen LogP contribution in [-0.2, 0) is 20.5 Å². The van der Waals surface area contributed by atoms with Gasteiger partial charge in [-0.15, -0.1) is 0 Å². The molecule has 8 nitrogen and oxygen atoms in total. The Labute approximate surface area is 165 Å². The van der Waals surface area contributed by atoms with E-state index in [9.17, 15) is 9.59 Å². The van der Waals surface area contributed by atoms with Gasteiger partial charge < -0.3 is 20.1 Å². The number of rotatable bonds is 11. The van der Waals surface area contributed by atoms with Crippen LogP contribution in [0, 0.1) is 0 Å². The van der Waals surface area contributed by atoms with Gasteiger partial charge >= 0.3 is 5.69 Å². The lowest BCUT2D eigenvalue weighted by Gasteiger charge is -2.23. The second kappa shape index (κ2) is 10.7. The first-order valence-electron chi connectivity index (χ1n) is 9.43. The molecule has 2 aromatic rings. The largest absolute Gasteiger partial charge is 0.497 e. The van der Waals surface area contributed by atoms with Crippen molar-refractivity contribution in [3.63, 3.8) is 0 Å². The molecule has 28 heavy (non-hydrogen) atoms. The van der Waals surface area contributed by atoms with E-state index in [4.69, 9.17) is 9.84 Å². The topological polar surface area (TPSA) is 88.7 Å². The summed E-state index contributed by atoms with van der Waals surface area (Å²) in [5.74, 6) is 1.34. The predicted octanol–water partition coefficient (Wildman–Crippen LogP) is 0.432. The smallest absolute Gasteiger partial charge is 0.332 e. The van der Waals surface area contributed by atoms with E-state index in [2.05, 4.69) is 22.3 Å². The van der Waals surface area contributed by atoms with E-state index >= 15 is 0 Å². The molecule has 154 valence electrons. The predicted molar refractivity (Wildman–Crippen MR) is 110 cm³/mol. The fourth-order valence-corrected chi connectivity index (χ4v) is 2.95. The van der Waals surface area contributed by atoms with Gasteiger partial charge in [0.25, 0.3) is 5.56 Å². The van der Waals surface area contributed by atoms with Crippen LogP contribution in [0.2, 0.25) is 0 Å². The number of benzene rings is 1. The third-order valence-electron chi connectivity index (χ3n) is 4.77. The number of nitrogens with one attached hydrogen (secondary N) is 1. The Kier molecular flexibility index (Phi) is 8.28. The van der Waals surface area contributed by atoms with Gasteiger partial charge in [-0.2, -0.15) is 0 Å². The van der Waals surface area contributed by atoms with Crippen LogP contribution in [0.25, 0.3) is 0 Å². The summed E-state index contributed by atoms with van der Waals surface area (Å²) in [4.78, 5) is 26.1. The summed E-state index contributed by atoms with van der Waals surface area (Å²) in [7, 11) is 4.75. The van der Waals surface area contributed by atoms with Crippen LogP contribution in [0.5, 0.6) is 5.75 Å². The number of aliphatic hydroxyl groups is 1. The van der Waals surface area contributed by atoms with Crippen molar-refractivity contribution in [3.8, 4) is 5.75 Å². The minimum Gasteiger partial charge on any atom is -0.497 e. The van der Waals surface area contributed by atoms with Crippen molar-refractivity contribution >= 4 is 5.82 Å². The highest BCUT2D eigenvalue weighted by Crippen LogP contribution is 2.12. The summed E-state index contributed by atoms with van der Waals surface area (Å²) < 4.78 is 7.69. The summed E-state index contributed by atoms with van der Waals surface area (Å²) in [5, 5.41) is 12.3. The molecule has 0 aliphatic rings. The highest BCUT2D eigenvalue weighted by atomic mass is 16.5. The van der Waals surface area contributed by atoms with Crippen molar-refractivity contribution in [3.05, 3.63) is 56.7 Å². The van der Waals surface area contributed by atoms with E-state index in [1.54, 1.807) is 14.2 Å².